The third-order valence-corrected chi connectivity index (χ3v) is 3.47. The molecule has 0 heterocycles. The number of rotatable bonds is 4. The molecule has 0 aliphatic rings. The molecule has 0 amide bonds. The molecule has 20 heavy (non-hydrogen) atoms. The van der Waals surface area contributed by atoms with Crippen LogP contribution in [0.15, 0.2) is 40.9 Å². The van der Waals surface area contributed by atoms with Gasteiger partial charge in [0.05, 0.1) is 13.2 Å². The number of hydrogen-bond acceptors (Lipinski definition) is 2. The Bertz CT molecular complexity index is 599. The van der Waals surface area contributed by atoms with Gasteiger partial charge in [-0.25, -0.2) is 8.78 Å². The topological polar surface area (TPSA) is 21.3 Å². The van der Waals surface area contributed by atoms with Gasteiger partial charge in [0.15, 0.2) is 11.6 Å². The van der Waals surface area contributed by atoms with E-state index in [0.29, 0.717) is 15.6 Å². The van der Waals surface area contributed by atoms with Gasteiger partial charge in [0.1, 0.15) is 5.82 Å². The van der Waals surface area contributed by atoms with Crippen LogP contribution in [0.4, 0.5) is 8.78 Å². The molecule has 106 valence electrons. The summed E-state index contributed by atoms with van der Waals surface area (Å²) in [6.45, 7) is 0. The maximum Gasteiger partial charge on any atom is 0.165 e. The molecule has 0 aromatic heterocycles. The summed E-state index contributed by atoms with van der Waals surface area (Å²) in [6.07, 6.45) is 0. The van der Waals surface area contributed by atoms with Crippen molar-refractivity contribution in [1.29, 1.82) is 0 Å². The Labute approximate surface area is 124 Å². The van der Waals surface area contributed by atoms with Crippen molar-refractivity contribution in [2.24, 2.45) is 0 Å². The summed E-state index contributed by atoms with van der Waals surface area (Å²) in [7, 11) is 3.16. The third kappa shape index (κ3) is 3.16. The van der Waals surface area contributed by atoms with Crippen molar-refractivity contribution in [3.63, 3.8) is 0 Å². The van der Waals surface area contributed by atoms with Crippen LogP contribution in [-0.2, 0) is 0 Å². The summed E-state index contributed by atoms with van der Waals surface area (Å²) in [5.74, 6) is -0.603. The third-order valence-electron chi connectivity index (χ3n) is 3.02. The first-order chi connectivity index (χ1) is 9.55. The molecule has 0 aliphatic heterocycles. The van der Waals surface area contributed by atoms with Gasteiger partial charge in [-0.2, -0.15) is 0 Å². The maximum absolute atomic E-state index is 13.8. The van der Waals surface area contributed by atoms with Gasteiger partial charge in [-0.1, -0.05) is 22.0 Å². The Morgan fingerprint density at radius 1 is 1.10 bits per heavy atom. The van der Waals surface area contributed by atoms with Crippen LogP contribution >= 0.6 is 15.9 Å². The molecule has 0 spiro atoms. The van der Waals surface area contributed by atoms with Crippen LogP contribution in [0.5, 0.6) is 5.75 Å². The van der Waals surface area contributed by atoms with Crippen molar-refractivity contribution in [3.8, 4) is 5.75 Å². The predicted molar refractivity (Wildman–Crippen MR) is 78.0 cm³/mol. The first-order valence-electron chi connectivity index (χ1n) is 6.02. The zero-order chi connectivity index (χ0) is 14.7. The number of hydrogen-bond donors (Lipinski definition) is 1. The standard InChI is InChI=1S/C15H14BrF2NO/c1-19-15(10-5-11(16)8-12(17)6-10)9-3-4-14(20-2)13(18)7-9/h3-8,15,19H,1-2H3. The monoisotopic (exact) mass is 341 g/mol. The minimum absolute atomic E-state index is 0.184. The molecule has 0 fully saturated rings. The second kappa shape index (κ2) is 6.33. The van der Waals surface area contributed by atoms with Gasteiger partial charge in [-0.15, -0.1) is 0 Å². The number of nitrogens with one attached hydrogen (secondary N) is 1. The van der Waals surface area contributed by atoms with E-state index in [2.05, 4.69) is 21.2 Å². The molecule has 2 rings (SSSR count). The first kappa shape index (κ1) is 14.9. The van der Waals surface area contributed by atoms with Gasteiger partial charge in [0.25, 0.3) is 0 Å². The Morgan fingerprint density at radius 3 is 2.40 bits per heavy atom. The molecule has 0 saturated heterocycles. The average molecular weight is 342 g/mol. The van der Waals surface area contributed by atoms with Crippen LogP contribution < -0.4 is 10.1 Å². The van der Waals surface area contributed by atoms with Gasteiger partial charge in [0.2, 0.25) is 0 Å². The van der Waals surface area contributed by atoms with E-state index in [9.17, 15) is 8.78 Å². The lowest BCUT2D eigenvalue weighted by Gasteiger charge is -2.18. The number of halogens is 3. The summed E-state index contributed by atoms with van der Waals surface area (Å²) in [5, 5.41) is 3.06. The number of ether oxygens (including phenoxy) is 1. The summed E-state index contributed by atoms with van der Waals surface area (Å²) >= 11 is 3.26. The lowest BCUT2D eigenvalue weighted by atomic mass is 9.98. The largest absolute Gasteiger partial charge is 0.494 e. The quantitative estimate of drug-likeness (QED) is 0.905. The first-order valence-corrected chi connectivity index (χ1v) is 6.81. The number of methoxy groups -OCH3 is 1. The molecule has 0 aliphatic carbocycles. The molecule has 1 N–H and O–H groups in total. The highest BCUT2D eigenvalue weighted by Gasteiger charge is 2.15. The van der Waals surface area contributed by atoms with E-state index in [-0.39, 0.29) is 17.6 Å². The van der Waals surface area contributed by atoms with Gasteiger partial charge < -0.3 is 10.1 Å². The summed E-state index contributed by atoms with van der Waals surface area (Å²) < 4.78 is 32.8. The summed E-state index contributed by atoms with van der Waals surface area (Å²) in [5.41, 5.74) is 1.41. The SMILES string of the molecule is CNC(c1cc(F)cc(Br)c1)c1ccc(OC)c(F)c1. The highest BCUT2D eigenvalue weighted by Crippen LogP contribution is 2.28. The van der Waals surface area contributed by atoms with E-state index in [1.807, 2.05) is 0 Å². The van der Waals surface area contributed by atoms with E-state index >= 15 is 0 Å². The fraction of sp³-hybridized carbons (Fsp3) is 0.200. The van der Waals surface area contributed by atoms with Crippen LogP contribution in [0.2, 0.25) is 0 Å². The molecule has 1 unspecified atom stereocenters. The summed E-state index contributed by atoms with van der Waals surface area (Å²) in [4.78, 5) is 0. The number of benzene rings is 2. The Morgan fingerprint density at radius 2 is 1.85 bits per heavy atom. The van der Waals surface area contributed by atoms with E-state index in [1.54, 1.807) is 25.2 Å². The van der Waals surface area contributed by atoms with Gasteiger partial charge in [0, 0.05) is 4.47 Å². The molecule has 2 aromatic rings. The molecule has 5 heteroatoms. The zero-order valence-corrected chi connectivity index (χ0v) is 12.7. The molecule has 0 saturated carbocycles. The average Bonchev–Trinajstić information content (AvgIpc) is 2.38. The highest BCUT2D eigenvalue weighted by atomic mass is 79.9. The van der Waals surface area contributed by atoms with Crippen molar-refractivity contribution in [3.05, 3.63) is 63.6 Å². The van der Waals surface area contributed by atoms with Crippen molar-refractivity contribution in [1.82, 2.24) is 5.32 Å². The van der Waals surface area contributed by atoms with E-state index < -0.39 is 5.82 Å². The maximum atomic E-state index is 13.8. The predicted octanol–water partition coefficient (Wildman–Crippen LogP) is 4.04. The van der Waals surface area contributed by atoms with Gasteiger partial charge >= 0.3 is 0 Å². The van der Waals surface area contributed by atoms with E-state index in [0.717, 1.165) is 0 Å². The molecule has 0 radical (unpaired) electrons. The molecular formula is C15H14BrF2NO. The van der Waals surface area contributed by atoms with Gasteiger partial charge in [-0.3, -0.25) is 0 Å². The van der Waals surface area contributed by atoms with Crippen LogP contribution in [-0.4, -0.2) is 14.2 Å². The minimum atomic E-state index is -0.444. The molecule has 2 aromatic carbocycles. The van der Waals surface area contributed by atoms with Gasteiger partial charge in [-0.05, 0) is 48.5 Å². The van der Waals surface area contributed by atoms with Crippen molar-refractivity contribution < 1.29 is 13.5 Å². The molecule has 2 nitrogen and oxygen atoms in total. The Hall–Kier alpha value is -1.46. The van der Waals surface area contributed by atoms with Crippen LogP contribution in [0, 0.1) is 11.6 Å². The van der Waals surface area contributed by atoms with Crippen LogP contribution in [0.25, 0.3) is 0 Å². The molecular weight excluding hydrogens is 328 g/mol. The second-order valence-corrected chi connectivity index (χ2v) is 5.23. The Kier molecular flexibility index (Phi) is 4.73. The fourth-order valence-electron chi connectivity index (χ4n) is 2.13. The van der Waals surface area contributed by atoms with Crippen molar-refractivity contribution in [2.45, 2.75) is 6.04 Å². The van der Waals surface area contributed by atoms with E-state index in [4.69, 9.17) is 4.74 Å². The minimum Gasteiger partial charge on any atom is -0.494 e. The Balaban J connectivity index is 2.44. The second-order valence-electron chi connectivity index (χ2n) is 4.32. The molecule has 1 atom stereocenters. The zero-order valence-electron chi connectivity index (χ0n) is 11.1. The van der Waals surface area contributed by atoms with Crippen molar-refractivity contribution >= 4 is 15.9 Å². The van der Waals surface area contributed by atoms with Crippen LogP contribution in [0.1, 0.15) is 17.2 Å². The lowest BCUT2D eigenvalue weighted by molar-refractivity contribution is 0.386. The fourth-order valence-corrected chi connectivity index (χ4v) is 2.61. The van der Waals surface area contributed by atoms with Crippen LogP contribution in [0.3, 0.4) is 0 Å². The van der Waals surface area contributed by atoms with Crippen molar-refractivity contribution in [2.75, 3.05) is 14.2 Å². The smallest absolute Gasteiger partial charge is 0.165 e. The molecule has 0 bridgehead atoms. The normalized spacial score (nSPS) is 12.2. The lowest BCUT2D eigenvalue weighted by Crippen LogP contribution is -2.18. The van der Waals surface area contributed by atoms with E-state index in [1.165, 1.54) is 25.3 Å². The highest BCUT2D eigenvalue weighted by molar-refractivity contribution is 9.10. The summed E-state index contributed by atoms with van der Waals surface area (Å²) in [6, 6.07) is 9.00.